The molecule has 0 atom stereocenters. The average Bonchev–Trinajstić information content (AvgIpc) is 2.68. The maximum Gasteiger partial charge on any atom is 0.222 e. The van der Waals surface area contributed by atoms with Gasteiger partial charge in [-0.05, 0) is 55.5 Å². The van der Waals surface area contributed by atoms with Crippen LogP contribution >= 0.6 is 0 Å². The van der Waals surface area contributed by atoms with Crippen LogP contribution in [0, 0.1) is 12.8 Å². The van der Waals surface area contributed by atoms with Gasteiger partial charge in [0, 0.05) is 44.0 Å². The summed E-state index contributed by atoms with van der Waals surface area (Å²) in [5.74, 6) is 0.919. The second-order valence-corrected chi connectivity index (χ2v) is 7.66. The fraction of sp³-hybridized carbons (Fsp3) is 0.435. The number of amides is 1. The molecule has 27 heavy (non-hydrogen) atoms. The summed E-state index contributed by atoms with van der Waals surface area (Å²) in [6.45, 7) is 7.92. The number of carbonyl (C=O) groups excluding carboxylic acids is 1. The van der Waals surface area contributed by atoms with Gasteiger partial charge in [-0.3, -0.25) is 4.79 Å². The molecule has 4 heteroatoms. The van der Waals surface area contributed by atoms with E-state index in [1.54, 1.807) is 0 Å². The molecular weight excluding hydrogens is 334 g/mol. The van der Waals surface area contributed by atoms with Crippen LogP contribution in [-0.2, 0) is 11.3 Å². The standard InChI is InChI=1S/C23H31N3O/c1-18-11-14-26(15-12-18)22-8-6-21(7-9-22)24-13-10-23(27)25-17-20-5-3-4-19(2)16-20/h3-9,16,18,24H,10-15,17H2,1-2H3,(H,25,27). The van der Waals surface area contributed by atoms with Crippen molar-refractivity contribution >= 4 is 17.3 Å². The van der Waals surface area contributed by atoms with E-state index in [4.69, 9.17) is 0 Å². The normalized spacial score (nSPS) is 14.8. The number of rotatable bonds is 7. The summed E-state index contributed by atoms with van der Waals surface area (Å²) in [5.41, 5.74) is 4.71. The fourth-order valence-electron chi connectivity index (χ4n) is 3.49. The van der Waals surface area contributed by atoms with Gasteiger partial charge in [0.05, 0.1) is 0 Å². The third-order valence-electron chi connectivity index (χ3n) is 5.27. The minimum atomic E-state index is 0.0723. The molecule has 0 saturated carbocycles. The van der Waals surface area contributed by atoms with Crippen LogP contribution in [0.25, 0.3) is 0 Å². The summed E-state index contributed by atoms with van der Waals surface area (Å²) in [5, 5.41) is 6.32. The highest BCUT2D eigenvalue weighted by Crippen LogP contribution is 2.24. The molecule has 2 aromatic carbocycles. The summed E-state index contributed by atoms with van der Waals surface area (Å²) in [4.78, 5) is 14.5. The molecule has 4 nitrogen and oxygen atoms in total. The highest BCUT2D eigenvalue weighted by atomic mass is 16.1. The molecule has 0 unspecified atom stereocenters. The number of hydrogen-bond donors (Lipinski definition) is 2. The van der Waals surface area contributed by atoms with Crippen molar-refractivity contribution in [2.75, 3.05) is 29.9 Å². The van der Waals surface area contributed by atoms with Gasteiger partial charge >= 0.3 is 0 Å². The first-order chi connectivity index (χ1) is 13.1. The zero-order valence-electron chi connectivity index (χ0n) is 16.5. The lowest BCUT2D eigenvalue weighted by Crippen LogP contribution is -2.32. The van der Waals surface area contributed by atoms with Gasteiger partial charge in [-0.15, -0.1) is 0 Å². The van der Waals surface area contributed by atoms with Crippen LogP contribution in [0.5, 0.6) is 0 Å². The molecule has 3 rings (SSSR count). The Morgan fingerprint density at radius 3 is 2.56 bits per heavy atom. The van der Waals surface area contributed by atoms with Gasteiger partial charge < -0.3 is 15.5 Å². The minimum absolute atomic E-state index is 0.0723. The van der Waals surface area contributed by atoms with Crippen molar-refractivity contribution in [1.29, 1.82) is 0 Å². The van der Waals surface area contributed by atoms with E-state index in [0.717, 1.165) is 30.3 Å². The van der Waals surface area contributed by atoms with Crippen LogP contribution in [0.4, 0.5) is 11.4 Å². The largest absolute Gasteiger partial charge is 0.385 e. The molecule has 1 heterocycles. The summed E-state index contributed by atoms with van der Waals surface area (Å²) < 4.78 is 0. The predicted octanol–water partition coefficient (Wildman–Crippen LogP) is 4.35. The minimum Gasteiger partial charge on any atom is -0.385 e. The lowest BCUT2D eigenvalue weighted by molar-refractivity contribution is -0.121. The first-order valence-corrected chi connectivity index (χ1v) is 10.0. The van der Waals surface area contributed by atoms with Crippen molar-refractivity contribution in [3.8, 4) is 0 Å². The van der Waals surface area contributed by atoms with Crippen molar-refractivity contribution in [3.63, 3.8) is 0 Å². The van der Waals surface area contributed by atoms with Crippen LogP contribution in [0.2, 0.25) is 0 Å². The number of piperidine rings is 1. The van der Waals surface area contributed by atoms with Crippen LogP contribution in [-0.4, -0.2) is 25.5 Å². The highest BCUT2D eigenvalue weighted by molar-refractivity contribution is 5.76. The quantitative estimate of drug-likeness (QED) is 0.767. The molecule has 1 aliphatic heterocycles. The Morgan fingerprint density at radius 2 is 1.85 bits per heavy atom. The number of carbonyl (C=O) groups is 1. The van der Waals surface area contributed by atoms with Gasteiger partial charge in [-0.25, -0.2) is 0 Å². The Kier molecular flexibility index (Phi) is 6.74. The van der Waals surface area contributed by atoms with Gasteiger partial charge in [0.15, 0.2) is 0 Å². The molecular formula is C23H31N3O. The SMILES string of the molecule is Cc1cccc(CNC(=O)CCNc2ccc(N3CCC(C)CC3)cc2)c1. The number of nitrogens with zero attached hydrogens (tertiary/aromatic N) is 1. The van der Waals surface area contributed by atoms with Crippen molar-refractivity contribution in [2.45, 2.75) is 39.7 Å². The average molecular weight is 366 g/mol. The Labute approximate surface area is 163 Å². The van der Waals surface area contributed by atoms with E-state index in [2.05, 4.69) is 65.8 Å². The van der Waals surface area contributed by atoms with Crippen LogP contribution in [0.3, 0.4) is 0 Å². The van der Waals surface area contributed by atoms with Gasteiger partial charge in [0.2, 0.25) is 5.91 Å². The van der Waals surface area contributed by atoms with E-state index in [-0.39, 0.29) is 5.91 Å². The number of hydrogen-bond acceptors (Lipinski definition) is 3. The second-order valence-electron chi connectivity index (χ2n) is 7.66. The first kappa shape index (κ1) is 19.3. The third-order valence-corrected chi connectivity index (χ3v) is 5.27. The molecule has 2 aromatic rings. The van der Waals surface area contributed by atoms with E-state index in [9.17, 15) is 4.79 Å². The molecule has 144 valence electrons. The van der Waals surface area contributed by atoms with Crippen molar-refractivity contribution in [2.24, 2.45) is 5.92 Å². The van der Waals surface area contributed by atoms with Crippen molar-refractivity contribution in [1.82, 2.24) is 5.32 Å². The van der Waals surface area contributed by atoms with Crippen molar-refractivity contribution in [3.05, 3.63) is 59.7 Å². The molecule has 2 N–H and O–H groups in total. The molecule has 0 bridgehead atoms. The van der Waals surface area contributed by atoms with E-state index < -0.39 is 0 Å². The molecule has 0 aromatic heterocycles. The number of aryl methyl sites for hydroxylation is 1. The van der Waals surface area contributed by atoms with E-state index in [1.165, 1.54) is 24.1 Å². The second kappa shape index (κ2) is 9.45. The van der Waals surface area contributed by atoms with E-state index in [0.29, 0.717) is 19.5 Å². The summed E-state index contributed by atoms with van der Waals surface area (Å²) in [6.07, 6.45) is 3.02. The van der Waals surface area contributed by atoms with E-state index in [1.807, 2.05) is 12.1 Å². The topological polar surface area (TPSA) is 44.4 Å². The monoisotopic (exact) mass is 365 g/mol. The molecule has 0 aliphatic carbocycles. The first-order valence-electron chi connectivity index (χ1n) is 10.0. The van der Waals surface area contributed by atoms with Crippen LogP contribution < -0.4 is 15.5 Å². The molecule has 1 amide bonds. The Morgan fingerprint density at radius 1 is 1.11 bits per heavy atom. The molecule has 1 aliphatic rings. The number of nitrogens with one attached hydrogen (secondary N) is 2. The molecule has 1 saturated heterocycles. The highest BCUT2D eigenvalue weighted by Gasteiger charge is 2.15. The Balaban J connectivity index is 1.38. The fourth-order valence-corrected chi connectivity index (χ4v) is 3.49. The molecule has 1 fully saturated rings. The van der Waals surface area contributed by atoms with Gasteiger partial charge in [0.25, 0.3) is 0 Å². The molecule has 0 radical (unpaired) electrons. The number of anilines is 2. The summed E-state index contributed by atoms with van der Waals surface area (Å²) in [7, 11) is 0. The maximum absolute atomic E-state index is 12.0. The van der Waals surface area contributed by atoms with Gasteiger partial charge in [-0.2, -0.15) is 0 Å². The summed E-state index contributed by atoms with van der Waals surface area (Å²) >= 11 is 0. The Hall–Kier alpha value is -2.49. The van der Waals surface area contributed by atoms with Gasteiger partial charge in [0.1, 0.15) is 0 Å². The van der Waals surface area contributed by atoms with Crippen LogP contribution in [0.15, 0.2) is 48.5 Å². The zero-order chi connectivity index (χ0) is 19.1. The lowest BCUT2D eigenvalue weighted by atomic mass is 9.99. The van der Waals surface area contributed by atoms with Gasteiger partial charge in [-0.1, -0.05) is 36.8 Å². The lowest BCUT2D eigenvalue weighted by Gasteiger charge is -2.32. The smallest absolute Gasteiger partial charge is 0.222 e. The molecule has 0 spiro atoms. The van der Waals surface area contributed by atoms with Crippen LogP contribution in [0.1, 0.15) is 37.3 Å². The zero-order valence-corrected chi connectivity index (χ0v) is 16.5. The summed E-state index contributed by atoms with van der Waals surface area (Å²) in [6, 6.07) is 16.8. The predicted molar refractivity (Wildman–Crippen MR) is 113 cm³/mol. The third kappa shape index (κ3) is 6.02. The number of benzene rings is 2. The maximum atomic E-state index is 12.0. The van der Waals surface area contributed by atoms with E-state index >= 15 is 0 Å². The van der Waals surface area contributed by atoms with Crippen molar-refractivity contribution < 1.29 is 4.79 Å². The Bertz CT molecular complexity index is 734.